The van der Waals surface area contributed by atoms with E-state index in [-0.39, 0.29) is 53.8 Å². The second-order valence-corrected chi connectivity index (χ2v) is 14.3. The molecule has 0 N–H and O–H groups in total. The van der Waals surface area contributed by atoms with Crippen molar-refractivity contribution >= 4 is 38.5 Å². The zero-order chi connectivity index (χ0) is 35.6. The zero-order valence-corrected chi connectivity index (χ0v) is 27.4. The van der Waals surface area contributed by atoms with Gasteiger partial charge in [0, 0.05) is 32.7 Å². The SMILES string of the molecule is C=CC(=O)N1CCN(c2nc(=O)n(-c3c(C)cccc3N(C)S(=O)(=O)C3CC3)c3nc(-c4c(F)cccc4C(F)(F)F)c(F)cc23)[C@@H](C)C1. The molecule has 0 unspecified atom stereocenters. The summed E-state index contributed by atoms with van der Waals surface area (Å²) in [6.45, 7) is 7.34. The number of anilines is 2. The van der Waals surface area contributed by atoms with Crippen molar-refractivity contribution < 1.29 is 35.2 Å². The molecule has 1 atom stereocenters. The Labute approximate surface area is 278 Å². The van der Waals surface area contributed by atoms with Crippen LogP contribution >= 0.6 is 0 Å². The van der Waals surface area contributed by atoms with Crippen LogP contribution in [0.1, 0.15) is 30.9 Å². The van der Waals surface area contributed by atoms with Gasteiger partial charge in [-0.3, -0.25) is 9.10 Å². The van der Waals surface area contributed by atoms with Crippen LogP contribution in [-0.2, 0) is 21.0 Å². The van der Waals surface area contributed by atoms with E-state index in [1.165, 1.54) is 18.0 Å². The Balaban J connectivity index is 1.67. The van der Waals surface area contributed by atoms with Gasteiger partial charge < -0.3 is 9.80 Å². The van der Waals surface area contributed by atoms with Crippen molar-refractivity contribution in [2.75, 3.05) is 35.9 Å². The van der Waals surface area contributed by atoms with Gasteiger partial charge in [0.05, 0.1) is 33.1 Å². The summed E-state index contributed by atoms with van der Waals surface area (Å²) in [5.74, 6) is -3.10. The molecule has 258 valence electrons. The quantitative estimate of drug-likeness (QED) is 0.192. The molecular weight excluding hydrogens is 671 g/mol. The molecule has 1 aliphatic carbocycles. The van der Waals surface area contributed by atoms with Crippen LogP contribution in [0.5, 0.6) is 0 Å². The minimum atomic E-state index is -5.09. The van der Waals surface area contributed by atoms with E-state index >= 15 is 8.78 Å². The summed E-state index contributed by atoms with van der Waals surface area (Å²) < 4.78 is 102. The summed E-state index contributed by atoms with van der Waals surface area (Å²) in [6.07, 6.45) is -3.03. The lowest BCUT2D eigenvalue weighted by Gasteiger charge is -2.40. The molecule has 1 amide bonds. The number of carbonyl (C=O) groups is 1. The number of sulfonamides is 1. The average molecular weight is 703 g/mol. The summed E-state index contributed by atoms with van der Waals surface area (Å²) in [5, 5.41) is -0.739. The Hall–Kier alpha value is -4.86. The highest BCUT2D eigenvalue weighted by atomic mass is 32.2. The van der Waals surface area contributed by atoms with E-state index in [1.807, 2.05) is 0 Å². The predicted octanol–water partition coefficient (Wildman–Crippen LogP) is 5.20. The monoisotopic (exact) mass is 702 g/mol. The van der Waals surface area contributed by atoms with Crippen molar-refractivity contribution in [1.82, 2.24) is 19.4 Å². The molecule has 1 saturated carbocycles. The molecule has 10 nitrogen and oxygen atoms in total. The van der Waals surface area contributed by atoms with Crippen LogP contribution < -0.4 is 14.9 Å². The van der Waals surface area contributed by atoms with Crippen LogP contribution in [0, 0.1) is 18.6 Å². The summed E-state index contributed by atoms with van der Waals surface area (Å²) >= 11 is 0. The van der Waals surface area contributed by atoms with Gasteiger partial charge in [-0.1, -0.05) is 24.8 Å². The van der Waals surface area contributed by atoms with Gasteiger partial charge in [-0.25, -0.2) is 31.5 Å². The first-order chi connectivity index (χ1) is 23.1. The minimum absolute atomic E-state index is 0.00707. The van der Waals surface area contributed by atoms with Crippen molar-refractivity contribution in [3.63, 3.8) is 0 Å². The minimum Gasteiger partial charge on any atom is -0.350 e. The molecule has 49 heavy (non-hydrogen) atoms. The normalized spacial score (nSPS) is 17.0. The number of aryl methyl sites for hydroxylation is 1. The third-order valence-electron chi connectivity index (χ3n) is 8.85. The molecule has 16 heteroatoms. The number of amides is 1. The van der Waals surface area contributed by atoms with Gasteiger partial charge in [-0.05, 0) is 62.6 Å². The molecule has 2 aromatic carbocycles. The van der Waals surface area contributed by atoms with Crippen molar-refractivity contribution in [1.29, 1.82) is 0 Å². The molecule has 0 spiro atoms. The lowest BCUT2D eigenvalue weighted by atomic mass is 10.0. The molecule has 1 saturated heterocycles. The molecule has 2 aromatic heterocycles. The fourth-order valence-electron chi connectivity index (χ4n) is 6.22. The fourth-order valence-corrected chi connectivity index (χ4v) is 7.82. The highest BCUT2D eigenvalue weighted by Gasteiger charge is 2.40. The summed E-state index contributed by atoms with van der Waals surface area (Å²) in [7, 11) is -2.55. The molecule has 3 heterocycles. The molecule has 0 radical (unpaired) electrons. The smallest absolute Gasteiger partial charge is 0.350 e. The Morgan fingerprint density at radius 2 is 1.76 bits per heavy atom. The number of carbonyl (C=O) groups excluding carboxylic acids is 1. The van der Waals surface area contributed by atoms with Gasteiger partial charge in [0.25, 0.3) is 0 Å². The average Bonchev–Trinajstić information content (AvgIpc) is 3.90. The number of rotatable bonds is 7. The Kier molecular flexibility index (Phi) is 8.49. The van der Waals surface area contributed by atoms with Crippen LogP contribution in [0.3, 0.4) is 0 Å². The summed E-state index contributed by atoms with van der Waals surface area (Å²) in [5.41, 5.74) is -4.62. The number of piperazine rings is 1. The maximum absolute atomic E-state index is 16.1. The first-order valence-electron chi connectivity index (χ1n) is 15.3. The van der Waals surface area contributed by atoms with E-state index in [4.69, 9.17) is 0 Å². The molecule has 2 aliphatic rings. The standard InChI is InChI=1S/C33H31F5N6O4S/c1-5-26(45)42-14-15-43(19(3)17-42)30-21-16-24(35)28(27-22(33(36,37)38)9-7-10-23(27)34)39-31(21)44(32(46)40-30)29-18(2)8-6-11-25(29)41(4)49(47,48)20-12-13-20/h5-11,16,19-20H,1,12-15,17H2,2-4H3/t19-/m0/s1. The van der Waals surface area contributed by atoms with E-state index in [1.54, 1.807) is 30.9 Å². The number of nitrogens with zero attached hydrogens (tertiary/aromatic N) is 6. The lowest BCUT2D eigenvalue weighted by molar-refractivity contribution is -0.137. The lowest BCUT2D eigenvalue weighted by Crippen LogP contribution is -2.54. The molecule has 2 fully saturated rings. The van der Waals surface area contributed by atoms with Crippen molar-refractivity contribution in [3.05, 3.63) is 88.4 Å². The van der Waals surface area contributed by atoms with Crippen molar-refractivity contribution in [2.24, 2.45) is 0 Å². The molecule has 1 aliphatic heterocycles. The first kappa shape index (κ1) is 34.0. The number of hydrogen-bond acceptors (Lipinski definition) is 7. The van der Waals surface area contributed by atoms with Crippen molar-refractivity contribution in [3.8, 4) is 16.9 Å². The van der Waals surface area contributed by atoms with E-state index in [0.717, 1.165) is 33.1 Å². The van der Waals surface area contributed by atoms with Gasteiger partial charge in [0.1, 0.15) is 17.3 Å². The van der Waals surface area contributed by atoms with Crippen LogP contribution in [0.2, 0.25) is 0 Å². The Morgan fingerprint density at radius 1 is 1.06 bits per heavy atom. The molecule has 0 bridgehead atoms. The summed E-state index contributed by atoms with van der Waals surface area (Å²) in [4.78, 5) is 38.2. The molecular formula is C33H31F5N6O4S. The van der Waals surface area contributed by atoms with Crippen molar-refractivity contribution in [2.45, 2.75) is 44.2 Å². The van der Waals surface area contributed by atoms with Crippen LogP contribution in [-0.4, -0.2) is 71.7 Å². The van der Waals surface area contributed by atoms with E-state index in [2.05, 4.69) is 16.5 Å². The molecule has 4 aromatic rings. The topological polar surface area (TPSA) is 109 Å². The second-order valence-electron chi connectivity index (χ2n) is 12.1. The maximum Gasteiger partial charge on any atom is 0.417 e. The first-order valence-corrected chi connectivity index (χ1v) is 16.8. The number of pyridine rings is 1. The van der Waals surface area contributed by atoms with E-state index in [0.29, 0.717) is 24.5 Å². The number of halogens is 5. The predicted molar refractivity (Wildman–Crippen MR) is 174 cm³/mol. The van der Waals surface area contributed by atoms with Crippen LogP contribution in [0.4, 0.5) is 33.5 Å². The number of hydrogen-bond donors (Lipinski definition) is 0. The van der Waals surface area contributed by atoms with Crippen LogP contribution in [0.25, 0.3) is 28.0 Å². The number of aromatic nitrogens is 3. The number of fused-ring (bicyclic) bond motifs is 1. The van der Waals surface area contributed by atoms with Gasteiger partial charge in [0.2, 0.25) is 15.9 Å². The van der Waals surface area contributed by atoms with Gasteiger partial charge in [-0.15, -0.1) is 0 Å². The highest BCUT2D eigenvalue weighted by molar-refractivity contribution is 7.93. The largest absolute Gasteiger partial charge is 0.417 e. The second kappa shape index (κ2) is 12.2. The van der Waals surface area contributed by atoms with Gasteiger partial charge in [-0.2, -0.15) is 18.2 Å². The number of para-hydroxylation sites is 1. The van der Waals surface area contributed by atoms with Crippen LogP contribution in [0.15, 0.2) is 59.9 Å². The van der Waals surface area contributed by atoms with Gasteiger partial charge >= 0.3 is 11.9 Å². The third-order valence-corrected chi connectivity index (χ3v) is 11.1. The zero-order valence-electron chi connectivity index (χ0n) is 26.6. The fraction of sp³-hybridized carbons (Fsp3) is 0.333. The van der Waals surface area contributed by atoms with Gasteiger partial charge in [0.15, 0.2) is 11.5 Å². The Bertz CT molecular complexity index is 2190. The maximum atomic E-state index is 16.1. The third kappa shape index (κ3) is 5.91. The Morgan fingerprint density at radius 3 is 2.39 bits per heavy atom. The van der Waals surface area contributed by atoms with E-state index in [9.17, 15) is 31.2 Å². The highest BCUT2D eigenvalue weighted by Crippen LogP contribution is 2.41. The number of benzene rings is 2. The number of alkyl halides is 3. The summed E-state index contributed by atoms with van der Waals surface area (Å²) in [6, 6.07) is 7.16. The molecule has 6 rings (SSSR count). The van der Waals surface area contributed by atoms with E-state index < -0.39 is 61.6 Å².